The Kier molecular flexibility index (Phi) is 3.94. The first-order chi connectivity index (χ1) is 9.17. The average molecular weight is 261 g/mol. The second kappa shape index (κ2) is 5.65. The van der Waals surface area contributed by atoms with Crippen LogP contribution in [0.3, 0.4) is 0 Å². The maximum atomic E-state index is 5.41. The van der Waals surface area contributed by atoms with E-state index in [9.17, 15) is 0 Å². The van der Waals surface area contributed by atoms with E-state index in [2.05, 4.69) is 10.4 Å². The topological polar surface area (TPSA) is 48.3 Å². The zero-order valence-corrected chi connectivity index (χ0v) is 11.7. The van der Waals surface area contributed by atoms with Gasteiger partial charge in [0.15, 0.2) is 11.5 Å². The van der Waals surface area contributed by atoms with Crippen LogP contribution in [0.15, 0.2) is 24.4 Å². The molecule has 0 spiro atoms. The van der Waals surface area contributed by atoms with Gasteiger partial charge < -0.3 is 14.8 Å². The van der Waals surface area contributed by atoms with E-state index in [-0.39, 0.29) is 0 Å². The molecule has 0 aliphatic rings. The van der Waals surface area contributed by atoms with E-state index in [1.807, 2.05) is 43.0 Å². The lowest BCUT2D eigenvalue weighted by Gasteiger charge is -2.13. The molecule has 102 valence electrons. The molecule has 0 atom stereocenters. The third-order valence-corrected chi connectivity index (χ3v) is 3.19. The highest BCUT2D eigenvalue weighted by Gasteiger charge is 2.10. The number of aryl methyl sites for hydroxylation is 1. The molecule has 1 aromatic carbocycles. The lowest BCUT2D eigenvalue weighted by atomic mass is 10.2. The van der Waals surface area contributed by atoms with Gasteiger partial charge in [-0.1, -0.05) is 12.1 Å². The predicted molar refractivity (Wildman–Crippen MR) is 74.8 cm³/mol. The van der Waals surface area contributed by atoms with Gasteiger partial charge in [-0.2, -0.15) is 5.10 Å². The van der Waals surface area contributed by atoms with Gasteiger partial charge in [0.2, 0.25) is 0 Å². The normalized spacial score (nSPS) is 10.3. The fourth-order valence-electron chi connectivity index (χ4n) is 1.96. The van der Waals surface area contributed by atoms with Gasteiger partial charge in [-0.15, -0.1) is 0 Å². The Hall–Kier alpha value is -2.17. The molecule has 1 aromatic heterocycles. The van der Waals surface area contributed by atoms with Crippen molar-refractivity contribution in [1.29, 1.82) is 0 Å². The number of para-hydroxylation sites is 1. The molecular weight excluding hydrogens is 242 g/mol. The third-order valence-electron chi connectivity index (χ3n) is 3.19. The standard InChI is InChI=1S/C14H19N3O2/c1-10-12(9-16-17(10)2)15-8-11-6-5-7-13(18-3)14(11)19-4/h5-7,9,15H,8H2,1-4H3. The van der Waals surface area contributed by atoms with Gasteiger partial charge in [0.1, 0.15) is 0 Å². The number of ether oxygens (including phenoxy) is 2. The van der Waals surface area contributed by atoms with Crippen LogP contribution in [0.4, 0.5) is 5.69 Å². The summed E-state index contributed by atoms with van der Waals surface area (Å²) in [7, 11) is 5.21. The van der Waals surface area contributed by atoms with Crippen LogP contribution < -0.4 is 14.8 Å². The maximum Gasteiger partial charge on any atom is 0.165 e. The van der Waals surface area contributed by atoms with E-state index in [0.717, 1.165) is 28.4 Å². The van der Waals surface area contributed by atoms with Gasteiger partial charge >= 0.3 is 0 Å². The first kappa shape index (κ1) is 13.3. The van der Waals surface area contributed by atoms with Crippen LogP contribution in [-0.2, 0) is 13.6 Å². The molecule has 2 rings (SSSR count). The van der Waals surface area contributed by atoms with Crippen molar-refractivity contribution in [3.8, 4) is 11.5 Å². The number of anilines is 1. The third kappa shape index (κ3) is 2.65. The van der Waals surface area contributed by atoms with Crippen molar-refractivity contribution < 1.29 is 9.47 Å². The minimum Gasteiger partial charge on any atom is -0.493 e. The Labute approximate surface area is 113 Å². The van der Waals surface area contributed by atoms with Gasteiger partial charge in [0.25, 0.3) is 0 Å². The zero-order chi connectivity index (χ0) is 13.8. The summed E-state index contributed by atoms with van der Waals surface area (Å²) in [6.45, 7) is 2.69. The molecule has 0 fully saturated rings. The Morgan fingerprint density at radius 2 is 2.05 bits per heavy atom. The van der Waals surface area contributed by atoms with Crippen LogP contribution in [0.25, 0.3) is 0 Å². The van der Waals surface area contributed by atoms with Crippen LogP contribution >= 0.6 is 0 Å². The van der Waals surface area contributed by atoms with Gasteiger partial charge in [-0.25, -0.2) is 0 Å². The molecule has 1 N–H and O–H groups in total. The minimum atomic E-state index is 0.660. The number of methoxy groups -OCH3 is 2. The SMILES string of the molecule is COc1cccc(CNc2cnn(C)c2C)c1OC. The zero-order valence-electron chi connectivity index (χ0n) is 11.7. The van der Waals surface area contributed by atoms with Gasteiger partial charge in [-0.3, -0.25) is 4.68 Å². The molecule has 0 aliphatic carbocycles. The van der Waals surface area contributed by atoms with Crippen molar-refractivity contribution in [2.24, 2.45) is 7.05 Å². The fraction of sp³-hybridized carbons (Fsp3) is 0.357. The summed E-state index contributed by atoms with van der Waals surface area (Å²) in [6, 6.07) is 5.85. The number of aromatic nitrogens is 2. The van der Waals surface area contributed by atoms with Crippen molar-refractivity contribution in [3.63, 3.8) is 0 Å². The molecule has 0 radical (unpaired) electrons. The quantitative estimate of drug-likeness (QED) is 0.897. The summed E-state index contributed by atoms with van der Waals surface area (Å²) < 4.78 is 12.5. The maximum absolute atomic E-state index is 5.41. The van der Waals surface area contributed by atoms with Gasteiger partial charge in [0.05, 0.1) is 31.8 Å². The van der Waals surface area contributed by atoms with Crippen LogP contribution in [0.2, 0.25) is 0 Å². The molecule has 19 heavy (non-hydrogen) atoms. The highest BCUT2D eigenvalue weighted by molar-refractivity contribution is 5.51. The van der Waals surface area contributed by atoms with Crippen LogP contribution in [0, 0.1) is 6.92 Å². The van der Waals surface area contributed by atoms with Crippen LogP contribution in [0.5, 0.6) is 11.5 Å². The Morgan fingerprint density at radius 1 is 1.26 bits per heavy atom. The van der Waals surface area contributed by atoms with E-state index in [4.69, 9.17) is 9.47 Å². The molecule has 0 saturated heterocycles. The van der Waals surface area contributed by atoms with Crippen molar-refractivity contribution in [1.82, 2.24) is 9.78 Å². The predicted octanol–water partition coefficient (Wildman–Crippen LogP) is 2.36. The van der Waals surface area contributed by atoms with Crippen molar-refractivity contribution in [3.05, 3.63) is 35.7 Å². The second-order valence-electron chi connectivity index (χ2n) is 4.27. The highest BCUT2D eigenvalue weighted by atomic mass is 16.5. The van der Waals surface area contributed by atoms with Crippen molar-refractivity contribution in [2.45, 2.75) is 13.5 Å². The summed E-state index contributed by atoms with van der Waals surface area (Å²) in [4.78, 5) is 0. The largest absolute Gasteiger partial charge is 0.493 e. The number of rotatable bonds is 5. The summed E-state index contributed by atoms with van der Waals surface area (Å²) in [6.07, 6.45) is 1.82. The summed E-state index contributed by atoms with van der Waals surface area (Å²) >= 11 is 0. The smallest absolute Gasteiger partial charge is 0.165 e. The molecule has 0 unspecified atom stereocenters. The Balaban J connectivity index is 2.17. The average Bonchev–Trinajstić information content (AvgIpc) is 2.76. The van der Waals surface area contributed by atoms with Gasteiger partial charge in [0, 0.05) is 19.2 Å². The highest BCUT2D eigenvalue weighted by Crippen LogP contribution is 2.31. The molecule has 2 aromatic rings. The molecular formula is C14H19N3O2. The van der Waals surface area contributed by atoms with E-state index >= 15 is 0 Å². The second-order valence-corrected chi connectivity index (χ2v) is 4.27. The molecule has 0 bridgehead atoms. The summed E-state index contributed by atoms with van der Waals surface area (Å²) in [5, 5.41) is 7.56. The van der Waals surface area contributed by atoms with E-state index < -0.39 is 0 Å². The van der Waals surface area contributed by atoms with Crippen LogP contribution in [0.1, 0.15) is 11.3 Å². The summed E-state index contributed by atoms with van der Waals surface area (Å²) in [5.74, 6) is 1.50. The number of hydrogen-bond acceptors (Lipinski definition) is 4. The van der Waals surface area contributed by atoms with E-state index in [1.54, 1.807) is 14.2 Å². The minimum absolute atomic E-state index is 0.660. The van der Waals surface area contributed by atoms with E-state index in [0.29, 0.717) is 6.54 Å². The summed E-state index contributed by atoms with van der Waals surface area (Å²) in [5.41, 5.74) is 3.17. The lowest BCUT2D eigenvalue weighted by molar-refractivity contribution is 0.352. The molecule has 5 heteroatoms. The van der Waals surface area contributed by atoms with Crippen LogP contribution in [-0.4, -0.2) is 24.0 Å². The van der Waals surface area contributed by atoms with Crippen molar-refractivity contribution >= 4 is 5.69 Å². The Bertz CT molecular complexity index is 564. The first-order valence-electron chi connectivity index (χ1n) is 6.09. The number of nitrogens with zero attached hydrogens (tertiary/aromatic N) is 2. The van der Waals surface area contributed by atoms with Gasteiger partial charge in [-0.05, 0) is 13.0 Å². The monoisotopic (exact) mass is 261 g/mol. The first-order valence-corrected chi connectivity index (χ1v) is 6.09. The molecule has 0 saturated carbocycles. The van der Waals surface area contributed by atoms with E-state index in [1.165, 1.54) is 0 Å². The fourth-order valence-corrected chi connectivity index (χ4v) is 1.96. The Morgan fingerprint density at radius 3 is 2.63 bits per heavy atom. The lowest BCUT2D eigenvalue weighted by Crippen LogP contribution is -2.04. The molecule has 0 aliphatic heterocycles. The molecule has 0 amide bonds. The molecule has 1 heterocycles. The number of benzene rings is 1. The number of nitrogens with one attached hydrogen (secondary N) is 1. The molecule has 5 nitrogen and oxygen atoms in total. The van der Waals surface area contributed by atoms with Crippen molar-refractivity contribution in [2.75, 3.05) is 19.5 Å². The number of hydrogen-bond donors (Lipinski definition) is 1.